The smallest absolute Gasteiger partial charge is 0.333 e. The van der Waals surface area contributed by atoms with Crippen LogP contribution in [0.25, 0.3) is 0 Å². The number of hydrogen-bond donors (Lipinski definition) is 1. The number of ether oxygens (including phenoxy) is 1. The molecule has 5 unspecified atom stereocenters. The second kappa shape index (κ2) is 19.1. The molecule has 0 aromatic rings. The third-order valence-electron chi connectivity index (χ3n) is 8.41. The maximum absolute atomic E-state index is 14.9. The average Bonchev–Trinajstić information content (AvgIpc) is 2.93. The third kappa shape index (κ3) is 13.5. The molecular formula is C34H55F3O3. The Kier molecular flexibility index (Phi) is 18.1. The van der Waals surface area contributed by atoms with Crippen LogP contribution in [0.5, 0.6) is 0 Å². The number of carbonyl (C=O) groups excluding carboxylic acids is 1. The number of carbonyl (C=O) groups is 1. The number of aliphatic hydroxyl groups is 1. The fourth-order valence-corrected chi connectivity index (χ4v) is 4.36. The van der Waals surface area contributed by atoms with Gasteiger partial charge in [-0.15, -0.1) is 0 Å². The van der Waals surface area contributed by atoms with Gasteiger partial charge in [-0.2, -0.15) is 0 Å². The first-order valence-electron chi connectivity index (χ1n) is 14.8. The summed E-state index contributed by atoms with van der Waals surface area (Å²) in [6, 6.07) is 0. The lowest BCUT2D eigenvalue weighted by molar-refractivity contribution is -0.140. The molecule has 230 valence electrons. The second-order valence-corrected chi connectivity index (χ2v) is 12.0. The van der Waals surface area contributed by atoms with E-state index >= 15 is 0 Å². The predicted octanol–water partition coefficient (Wildman–Crippen LogP) is 10.3. The monoisotopic (exact) mass is 568 g/mol. The summed E-state index contributed by atoms with van der Waals surface area (Å²) >= 11 is 0. The van der Waals surface area contributed by atoms with Gasteiger partial charge in [-0.05, 0) is 107 Å². The van der Waals surface area contributed by atoms with Crippen molar-refractivity contribution in [3.05, 3.63) is 58.0 Å². The molecule has 0 radical (unpaired) electrons. The summed E-state index contributed by atoms with van der Waals surface area (Å²) in [5.41, 5.74) is 1.63. The molecule has 0 aliphatic carbocycles. The van der Waals surface area contributed by atoms with Gasteiger partial charge < -0.3 is 9.84 Å². The minimum atomic E-state index is -0.999. The van der Waals surface area contributed by atoms with Crippen LogP contribution in [0.4, 0.5) is 13.2 Å². The van der Waals surface area contributed by atoms with Gasteiger partial charge in [-0.1, -0.05) is 59.6 Å². The molecule has 0 fully saturated rings. The summed E-state index contributed by atoms with van der Waals surface area (Å²) < 4.78 is 48.8. The zero-order valence-corrected chi connectivity index (χ0v) is 26.7. The molecule has 6 heteroatoms. The largest absolute Gasteiger partial charge is 0.462 e. The van der Waals surface area contributed by atoms with Crippen molar-refractivity contribution in [3.63, 3.8) is 0 Å². The van der Waals surface area contributed by atoms with Crippen molar-refractivity contribution >= 4 is 5.97 Å². The number of rotatable bonds is 18. The van der Waals surface area contributed by atoms with Gasteiger partial charge in [0.1, 0.15) is 5.83 Å². The van der Waals surface area contributed by atoms with Gasteiger partial charge in [0.05, 0.1) is 6.61 Å². The summed E-state index contributed by atoms with van der Waals surface area (Å²) in [5, 5.41) is 9.67. The molecule has 5 atom stereocenters. The maximum Gasteiger partial charge on any atom is 0.333 e. The molecule has 0 aromatic heterocycles. The van der Waals surface area contributed by atoms with Crippen molar-refractivity contribution in [2.24, 2.45) is 29.6 Å². The molecule has 0 rings (SSSR count). The molecule has 0 bridgehead atoms. The Morgan fingerprint density at radius 2 is 1.43 bits per heavy atom. The van der Waals surface area contributed by atoms with Gasteiger partial charge in [0, 0.05) is 18.1 Å². The third-order valence-corrected chi connectivity index (χ3v) is 8.41. The molecule has 0 aliphatic heterocycles. The Balaban J connectivity index is 4.95. The second-order valence-electron chi connectivity index (χ2n) is 12.0. The Morgan fingerprint density at radius 1 is 0.875 bits per heavy atom. The summed E-state index contributed by atoms with van der Waals surface area (Å²) in [7, 11) is 0. The van der Waals surface area contributed by atoms with Crippen molar-refractivity contribution < 1.29 is 27.8 Å². The molecule has 40 heavy (non-hydrogen) atoms. The highest BCUT2D eigenvalue weighted by Gasteiger charge is 2.19. The van der Waals surface area contributed by atoms with Crippen molar-refractivity contribution in [1.82, 2.24) is 0 Å². The minimum absolute atomic E-state index is 0.0168. The van der Waals surface area contributed by atoms with Crippen LogP contribution in [-0.4, -0.2) is 24.3 Å². The summed E-state index contributed by atoms with van der Waals surface area (Å²) in [6.07, 6.45) is 6.63. The molecule has 0 aromatic carbocycles. The lowest BCUT2D eigenvalue weighted by atomic mass is 9.82. The van der Waals surface area contributed by atoms with Gasteiger partial charge in [0.2, 0.25) is 0 Å². The number of hydrogen-bond acceptors (Lipinski definition) is 3. The normalized spacial score (nSPS) is 18.1. The van der Waals surface area contributed by atoms with Gasteiger partial charge in [0.25, 0.3) is 0 Å². The molecule has 1 N–H and O–H groups in total. The van der Waals surface area contributed by atoms with E-state index in [-0.39, 0.29) is 36.2 Å². The van der Waals surface area contributed by atoms with E-state index in [1.54, 1.807) is 13.8 Å². The Morgan fingerprint density at radius 3 is 1.93 bits per heavy atom. The quantitative estimate of drug-likeness (QED) is 0.102. The highest BCUT2D eigenvalue weighted by molar-refractivity contribution is 5.86. The van der Waals surface area contributed by atoms with E-state index in [9.17, 15) is 23.1 Å². The number of aliphatic hydroxyl groups excluding tert-OH is 1. The zero-order valence-electron chi connectivity index (χ0n) is 26.7. The summed E-state index contributed by atoms with van der Waals surface area (Å²) in [5.74, 6) is -1.38. The molecule has 0 aliphatic rings. The van der Waals surface area contributed by atoms with E-state index in [4.69, 9.17) is 4.74 Å². The van der Waals surface area contributed by atoms with Crippen LogP contribution in [0.15, 0.2) is 58.0 Å². The van der Waals surface area contributed by atoms with Gasteiger partial charge in [-0.3, -0.25) is 0 Å². The fourth-order valence-electron chi connectivity index (χ4n) is 4.36. The van der Waals surface area contributed by atoms with E-state index in [2.05, 4.69) is 34.3 Å². The SMILES string of the molecule is C=C(C)C(=O)OCC(CO)CC(C)CCC(C)C(C)CCC(C)/C(C)=C/C(F)=C(C)/C(C)=C(F)/C(F)=C(\C)CC. The van der Waals surface area contributed by atoms with Crippen LogP contribution in [0.1, 0.15) is 108 Å². The Bertz CT molecular complexity index is 957. The van der Waals surface area contributed by atoms with Crippen molar-refractivity contribution in [2.75, 3.05) is 13.2 Å². The lowest BCUT2D eigenvalue weighted by Crippen LogP contribution is -2.20. The maximum atomic E-state index is 14.9. The molecule has 3 nitrogen and oxygen atoms in total. The molecule has 0 saturated heterocycles. The topological polar surface area (TPSA) is 46.5 Å². The Labute approximate surface area is 242 Å². The lowest BCUT2D eigenvalue weighted by Gasteiger charge is -2.24. The first kappa shape index (κ1) is 37.9. The number of esters is 1. The summed E-state index contributed by atoms with van der Waals surface area (Å²) in [4.78, 5) is 11.6. The Hall–Kier alpha value is -2.08. The van der Waals surface area contributed by atoms with Crippen LogP contribution in [0.2, 0.25) is 0 Å². The van der Waals surface area contributed by atoms with Crippen LogP contribution >= 0.6 is 0 Å². The van der Waals surface area contributed by atoms with Crippen LogP contribution in [-0.2, 0) is 9.53 Å². The van der Waals surface area contributed by atoms with Gasteiger partial charge in [0.15, 0.2) is 11.7 Å². The molecule has 0 saturated carbocycles. The molecule has 0 spiro atoms. The van der Waals surface area contributed by atoms with E-state index < -0.39 is 23.4 Å². The average molecular weight is 569 g/mol. The standard InChI is InChI=1S/C34H55F3O3/c1-12-23(5)32(36)33(37)29(11)28(10)31(35)18-27(9)26(8)16-15-25(7)24(6)14-13-22(4)17-30(19-38)20-40-34(39)21(2)3/h18,22,24-26,30,38H,2,12-17,19-20H2,1,3-11H3/b27-18+,31-28-,32-23-,33-29-. The number of halogens is 3. The first-order chi connectivity index (χ1) is 18.6. The minimum Gasteiger partial charge on any atom is -0.462 e. The molecule has 0 heterocycles. The van der Waals surface area contributed by atoms with E-state index in [0.29, 0.717) is 35.3 Å². The summed E-state index contributed by atoms with van der Waals surface area (Å²) in [6.45, 7) is 22.2. The van der Waals surface area contributed by atoms with Gasteiger partial charge in [-0.25, -0.2) is 18.0 Å². The van der Waals surface area contributed by atoms with E-state index in [1.807, 2.05) is 6.92 Å². The first-order valence-corrected chi connectivity index (χ1v) is 14.8. The van der Waals surface area contributed by atoms with E-state index in [0.717, 1.165) is 37.7 Å². The van der Waals surface area contributed by atoms with Crippen molar-refractivity contribution in [3.8, 4) is 0 Å². The van der Waals surface area contributed by atoms with Crippen LogP contribution < -0.4 is 0 Å². The molecular weight excluding hydrogens is 513 g/mol. The fraction of sp³-hybridized carbons (Fsp3) is 0.676. The van der Waals surface area contributed by atoms with Crippen LogP contribution in [0.3, 0.4) is 0 Å². The predicted molar refractivity (Wildman–Crippen MR) is 162 cm³/mol. The zero-order chi connectivity index (χ0) is 31.2. The van der Waals surface area contributed by atoms with Gasteiger partial charge >= 0.3 is 5.97 Å². The molecule has 0 amide bonds. The van der Waals surface area contributed by atoms with Crippen LogP contribution in [0, 0.1) is 29.6 Å². The highest BCUT2D eigenvalue weighted by atomic mass is 19.2. The van der Waals surface area contributed by atoms with E-state index in [1.165, 1.54) is 26.8 Å². The van der Waals surface area contributed by atoms with Crippen molar-refractivity contribution in [1.29, 1.82) is 0 Å². The highest BCUT2D eigenvalue weighted by Crippen LogP contribution is 2.31. The van der Waals surface area contributed by atoms with Crippen molar-refractivity contribution in [2.45, 2.75) is 108 Å². The number of allylic oxidation sites excluding steroid dienone is 8.